The van der Waals surface area contributed by atoms with Crippen molar-refractivity contribution in [2.24, 2.45) is 7.05 Å². The Labute approximate surface area is 215 Å². The summed E-state index contributed by atoms with van der Waals surface area (Å²) in [6.07, 6.45) is 2.68. The maximum atomic E-state index is 13.0. The van der Waals surface area contributed by atoms with Gasteiger partial charge in [-0.05, 0) is 81.7 Å². The molecule has 0 unspecified atom stereocenters. The number of ether oxygens (including phenoxy) is 1. The fraction of sp³-hybridized carbons (Fsp3) is 0.357. The summed E-state index contributed by atoms with van der Waals surface area (Å²) in [6.45, 7) is 3.48. The number of aromatic nitrogens is 2. The van der Waals surface area contributed by atoms with Gasteiger partial charge in [-0.25, -0.2) is 0 Å². The minimum atomic E-state index is -0.941. The third-order valence-corrected chi connectivity index (χ3v) is 6.53. The maximum absolute atomic E-state index is 13.0. The Balaban J connectivity index is 1.71. The van der Waals surface area contributed by atoms with Gasteiger partial charge in [-0.3, -0.25) is 19.4 Å². The van der Waals surface area contributed by atoms with Crippen LogP contribution in [-0.2, 0) is 16.6 Å². The number of benzene rings is 2. The highest BCUT2D eigenvalue weighted by Crippen LogP contribution is 2.37. The van der Waals surface area contributed by atoms with Gasteiger partial charge in [-0.2, -0.15) is 0 Å². The third kappa shape index (κ3) is 5.56. The van der Waals surface area contributed by atoms with Gasteiger partial charge in [-0.15, -0.1) is 0 Å². The van der Waals surface area contributed by atoms with Crippen molar-refractivity contribution in [2.75, 3.05) is 27.2 Å². The highest BCUT2D eigenvalue weighted by Gasteiger charge is 2.19. The van der Waals surface area contributed by atoms with E-state index in [4.69, 9.17) is 9.84 Å². The van der Waals surface area contributed by atoms with Crippen LogP contribution in [0.5, 0.6) is 5.75 Å². The van der Waals surface area contributed by atoms with Crippen LogP contribution < -0.4 is 10.1 Å². The number of aryl methyl sites for hydroxylation is 2. The van der Waals surface area contributed by atoms with Crippen LogP contribution in [0.25, 0.3) is 32.6 Å². The topological polar surface area (TPSA) is 114 Å². The van der Waals surface area contributed by atoms with E-state index >= 15 is 0 Å². The molecule has 0 aliphatic rings. The predicted molar refractivity (Wildman–Crippen MR) is 143 cm³/mol. The molecule has 0 saturated heterocycles. The second kappa shape index (κ2) is 11.0. The van der Waals surface area contributed by atoms with Crippen molar-refractivity contribution in [1.29, 1.82) is 0 Å². The summed E-state index contributed by atoms with van der Waals surface area (Å²) in [5.74, 6) is -1.23. The zero-order valence-corrected chi connectivity index (χ0v) is 21.6. The lowest BCUT2D eigenvalue weighted by atomic mass is 10.00. The predicted octanol–water partition coefficient (Wildman–Crippen LogP) is 4.03. The van der Waals surface area contributed by atoms with E-state index in [1.165, 1.54) is 0 Å². The van der Waals surface area contributed by atoms with Crippen LogP contribution in [0.4, 0.5) is 0 Å². The van der Waals surface area contributed by atoms with E-state index < -0.39 is 11.9 Å². The number of amides is 1. The van der Waals surface area contributed by atoms with E-state index in [1.54, 1.807) is 12.3 Å². The minimum absolute atomic E-state index is 0.0301. The summed E-state index contributed by atoms with van der Waals surface area (Å²) >= 11 is 0. The molecule has 4 aromatic rings. The number of hydrogen-bond donors (Lipinski definition) is 2. The Hall–Kier alpha value is -3.98. The smallest absolute Gasteiger partial charge is 0.311 e. The summed E-state index contributed by atoms with van der Waals surface area (Å²) in [4.78, 5) is 42.4. The molecule has 0 aliphatic carbocycles. The van der Waals surface area contributed by atoms with E-state index in [-0.39, 0.29) is 25.2 Å². The first-order valence-electron chi connectivity index (χ1n) is 12.3. The average molecular weight is 505 g/mol. The molecule has 1 amide bonds. The molecule has 2 heterocycles. The van der Waals surface area contributed by atoms with E-state index in [2.05, 4.69) is 19.8 Å². The van der Waals surface area contributed by atoms with Crippen LogP contribution in [-0.4, -0.2) is 64.6 Å². The van der Waals surface area contributed by atoms with Gasteiger partial charge in [-0.1, -0.05) is 0 Å². The fourth-order valence-electron chi connectivity index (χ4n) is 4.76. The van der Waals surface area contributed by atoms with Crippen molar-refractivity contribution in [2.45, 2.75) is 32.6 Å². The number of nitrogens with zero attached hydrogens (tertiary/aromatic N) is 3. The lowest BCUT2D eigenvalue weighted by molar-refractivity contribution is -0.137. The SMILES string of the molecule is Cc1c2ccnc(C(=O)NCCCN(C)C)c2cc2c3cc(OC(=O)CCCC(=O)O)ccc3n(C)c12. The standard InChI is InChI=1S/C28H32N4O5/c1-17-19-11-13-29-26(28(36)30-12-6-14-31(2)3)21(19)16-22-20-15-18(9-10-23(20)32(4)27(17)22)37-25(35)8-5-7-24(33)34/h9-11,13,15-16H,5-8,12,14H2,1-4H3,(H,30,36)(H,33,34). The molecule has 0 aliphatic heterocycles. The van der Waals surface area contributed by atoms with Gasteiger partial charge in [0.05, 0.1) is 5.52 Å². The lowest BCUT2D eigenvalue weighted by Gasteiger charge is -2.12. The number of carbonyl (C=O) groups excluding carboxylic acids is 2. The minimum Gasteiger partial charge on any atom is -0.481 e. The van der Waals surface area contributed by atoms with Crippen molar-refractivity contribution in [1.82, 2.24) is 19.8 Å². The van der Waals surface area contributed by atoms with Crippen LogP contribution in [0.3, 0.4) is 0 Å². The third-order valence-electron chi connectivity index (χ3n) is 6.53. The van der Waals surface area contributed by atoms with Crippen LogP contribution in [0.2, 0.25) is 0 Å². The molecule has 9 heteroatoms. The number of aliphatic carboxylic acids is 1. The van der Waals surface area contributed by atoms with Crippen LogP contribution in [0.1, 0.15) is 41.7 Å². The Bertz CT molecular complexity index is 1510. The lowest BCUT2D eigenvalue weighted by Crippen LogP contribution is -2.28. The number of fused-ring (bicyclic) bond motifs is 4. The van der Waals surface area contributed by atoms with Crippen molar-refractivity contribution >= 4 is 50.4 Å². The molecule has 0 bridgehead atoms. The molecule has 0 spiro atoms. The number of carbonyl (C=O) groups is 3. The Morgan fingerprint density at radius 2 is 1.81 bits per heavy atom. The van der Waals surface area contributed by atoms with Crippen LogP contribution in [0, 0.1) is 6.92 Å². The number of rotatable bonds is 10. The van der Waals surface area contributed by atoms with Gasteiger partial charge in [0, 0.05) is 54.3 Å². The van der Waals surface area contributed by atoms with Gasteiger partial charge in [0.15, 0.2) is 0 Å². The zero-order chi connectivity index (χ0) is 26.7. The number of hydrogen-bond acceptors (Lipinski definition) is 6. The highest BCUT2D eigenvalue weighted by atomic mass is 16.5. The summed E-state index contributed by atoms with van der Waals surface area (Å²) in [5.41, 5.74) is 3.39. The second-order valence-corrected chi connectivity index (χ2v) is 9.52. The van der Waals surface area contributed by atoms with Crippen molar-refractivity contribution in [3.05, 3.63) is 47.8 Å². The Morgan fingerprint density at radius 3 is 2.54 bits per heavy atom. The molecular formula is C28H32N4O5. The highest BCUT2D eigenvalue weighted by molar-refractivity contribution is 6.17. The Morgan fingerprint density at radius 1 is 1.03 bits per heavy atom. The van der Waals surface area contributed by atoms with Gasteiger partial charge in [0.25, 0.3) is 5.91 Å². The molecule has 194 valence electrons. The number of nitrogens with one attached hydrogen (secondary N) is 1. The van der Waals surface area contributed by atoms with Crippen molar-refractivity contribution < 1.29 is 24.2 Å². The molecule has 37 heavy (non-hydrogen) atoms. The first-order valence-corrected chi connectivity index (χ1v) is 12.3. The van der Waals surface area contributed by atoms with Gasteiger partial charge in [0.1, 0.15) is 11.4 Å². The van der Waals surface area contributed by atoms with Crippen LogP contribution in [0.15, 0.2) is 36.5 Å². The van der Waals surface area contributed by atoms with Gasteiger partial charge >= 0.3 is 11.9 Å². The van der Waals surface area contributed by atoms with Gasteiger partial charge < -0.3 is 24.6 Å². The summed E-state index contributed by atoms with van der Waals surface area (Å²) < 4.78 is 7.59. The van der Waals surface area contributed by atoms with E-state index in [0.717, 1.165) is 51.1 Å². The molecule has 4 rings (SSSR count). The largest absolute Gasteiger partial charge is 0.481 e. The molecule has 9 nitrogen and oxygen atoms in total. The fourth-order valence-corrected chi connectivity index (χ4v) is 4.76. The quantitative estimate of drug-likeness (QED) is 0.190. The molecule has 2 N–H and O–H groups in total. The number of carboxylic acid groups (broad SMARTS) is 1. The normalized spacial score (nSPS) is 11.5. The van der Waals surface area contributed by atoms with Crippen molar-refractivity contribution in [3.63, 3.8) is 0 Å². The van der Waals surface area contributed by atoms with E-state index in [0.29, 0.717) is 18.0 Å². The zero-order valence-electron chi connectivity index (χ0n) is 21.6. The van der Waals surface area contributed by atoms with Crippen LogP contribution >= 0.6 is 0 Å². The number of carboxylic acids is 1. The monoisotopic (exact) mass is 504 g/mol. The molecule has 0 radical (unpaired) electrons. The average Bonchev–Trinajstić information content (AvgIpc) is 3.12. The summed E-state index contributed by atoms with van der Waals surface area (Å²) in [6, 6.07) is 9.36. The first kappa shape index (κ1) is 26.1. The molecule has 2 aromatic carbocycles. The second-order valence-electron chi connectivity index (χ2n) is 9.52. The maximum Gasteiger partial charge on any atom is 0.311 e. The van der Waals surface area contributed by atoms with E-state index in [9.17, 15) is 14.4 Å². The van der Waals surface area contributed by atoms with Gasteiger partial charge in [0.2, 0.25) is 0 Å². The summed E-state index contributed by atoms with van der Waals surface area (Å²) in [7, 11) is 5.98. The molecule has 2 aromatic heterocycles. The molecule has 0 atom stereocenters. The first-order chi connectivity index (χ1) is 17.7. The molecular weight excluding hydrogens is 472 g/mol. The molecule has 0 fully saturated rings. The Kier molecular flexibility index (Phi) is 7.73. The van der Waals surface area contributed by atoms with Crippen molar-refractivity contribution in [3.8, 4) is 5.75 Å². The number of pyridine rings is 1. The van der Waals surface area contributed by atoms with E-state index in [1.807, 2.05) is 52.3 Å². The number of esters is 1. The molecule has 0 saturated carbocycles. The summed E-state index contributed by atoms with van der Waals surface area (Å²) in [5, 5.41) is 15.3.